The van der Waals surface area contributed by atoms with Gasteiger partial charge in [-0.1, -0.05) is 29.8 Å². The van der Waals surface area contributed by atoms with Crippen molar-refractivity contribution in [3.63, 3.8) is 0 Å². The highest BCUT2D eigenvalue weighted by molar-refractivity contribution is 9.11. The number of nitro groups is 1. The van der Waals surface area contributed by atoms with E-state index < -0.39 is 16.9 Å². The number of nitrogens with one attached hydrogen (secondary N) is 1. The van der Waals surface area contributed by atoms with Gasteiger partial charge in [-0.25, -0.2) is 9.69 Å². The molecule has 1 heterocycles. The van der Waals surface area contributed by atoms with Gasteiger partial charge in [-0.15, -0.1) is 0 Å². The molecule has 1 saturated heterocycles. The Morgan fingerprint density at radius 1 is 1.06 bits per heavy atom. The van der Waals surface area contributed by atoms with E-state index in [4.69, 9.17) is 16.3 Å². The molecule has 1 aliphatic rings. The number of halogens is 3. The molecule has 3 amide bonds. The first-order valence-corrected chi connectivity index (χ1v) is 11.7. The number of benzene rings is 3. The number of amides is 3. The van der Waals surface area contributed by atoms with E-state index in [-0.39, 0.29) is 18.0 Å². The van der Waals surface area contributed by atoms with Gasteiger partial charge in [0.25, 0.3) is 11.6 Å². The monoisotopic (exact) mass is 605 g/mol. The average Bonchev–Trinajstić information content (AvgIpc) is 3.06. The van der Waals surface area contributed by atoms with Crippen LogP contribution in [-0.4, -0.2) is 16.9 Å². The molecule has 172 valence electrons. The van der Waals surface area contributed by atoms with Gasteiger partial charge in [0.15, 0.2) is 0 Å². The van der Waals surface area contributed by atoms with Crippen LogP contribution in [0.1, 0.15) is 11.1 Å². The SMILES string of the molecule is O=C1N/C(=C/c2cc(Br)c(OCc3cccc([N+](=O)[O-])c3)c(Br)c2)C(=O)N1c1cccc(Cl)c1. The summed E-state index contributed by atoms with van der Waals surface area (Å²) in [5, 5.41) is 13.9. The van der Waals surface area contributed by atoms with Crippen LogP contribution in [-0.2, 0) is 11.4 Å². The fraction of sp³-hybridized carbons (Fsp3) is 0.0435. The van der Waals surface area contributed by atoms with E-state index in [2.05, 4.69) is 37.2 Å². The van der Waals surface area contributed by atoms with Crippen LogP contribution in [0.4, 0.5) is 16.2 Å². The lowest BCUT2D eigenvalue weighted by Crippen LogP contribution is -2.30. The Morgan fingerprint density at radius 3 is 2.44 bits per heavy atom. The van der Waals surface area contributed by atoms with Crippen molar-refractivity contribution in [1.29, 1.82) is 0 Å². The molecule has 0 bridgehead atoms. The number of nitrogens with zero attached hydrogens (tertiary/aromatic N) is 2. The molecule has 1 aliphatic heterocycles. The molecule has 0 saturated carbocycles. The number of urea groups is 1. The summed E-state index contributed by atoms with van der Waals surface area (Å²) < 4.78 is 7.01. The average molecular weight is 608 g/mol. The summed E-state index contributed by atoms with van der Waals surface area (Å²) >= 11 is 12.9. The van der Waals surface area contributed by atoms with Gasteiger partial charge in [0.1, 0.15) is 18.1 Å². The molecular formula is C23H14Br2ClN3O5. The molecule has 0 atom stereocenters. The molecule has 34 heavy (non-hydrogen) atoms. The Labute approximate surface area is 215 Å². The van der Waals surface area contributed by atoms with Gasteiger partial charge in [0, 0.05) is 17.2 Å². The van der Waals surface area contributed by atoms with Crippen LogP contribution in [0.5, 0.6) is 5.75 Å². The zero-order valence-electron chi connectivity index (χ0n) is 17.1. The van der Waals surface area contributed by atoms with Gasteiger partial charge in [-0.3, -0.25) is 14.9 Å². The van der Waals surface area contributed by atoms with E-state index in [0.717, 1.165) is 4.90 Å². The van der Waals surface area contributed by atoms with Gasteiger partial charge in [0.05, 0.1) is 19.6 Å². The molecule has 0 aromatic heterocycles. The van der Waals surface area contributed by atoms with Gasteiger partial charge < -0.3 is 10.1 Å². The highest BCUT2D eigenvalue weighted by Crippen LogP contribution is 2.36. The number of ether oxygens (including phenoxy) is 1. The van der Waals surface area contributed by atoms with Gasteiger partial charge in [-0.2, -0.15) is 0 Å². The summed E-state index contributed by atoms with van der Waals surface area (Å²) in [5.41, 5.74) is 1.72. The third kappa shape index (κ3) is 5.14. The van der Waals surface area contributed by atoms with Gasteiger partial charge >= 0.3 is 6.03 Å². The van der Waals surface area contributed by atoms with Crippen molar-refractivity contribution in [2.45, 2.75) is 6.61 Å². The van der Waals surface area contributed by atoms with Crippen molar-refractivity contribution < 1.29 is 19.2 Å². The first-order valence-electron chi connectivity index (χ1n) is 9.71. The Bertz CT molecular complexity index is 1340. The lowest BCUT2D eigenvalue weighted by atomic mass is 10.1. The van der Waals surface area contributed by atoms with Crippen molar-refractivity contribution in [3.8, 4) is 5.75 Å². The first-order chi connectivity index (χ1) is 16.2. The second-order valence-corrected chi connectivity index (χ2v) is 9.28. The molecule has 8 nitrogen and oxygen atoms in total. The second kappa shape index (κ2) is 9.96. The zero-order valence-corrected chi connectivity index (χ0v) is 21.1. The lowest BCUT2D eigenvalue weighted by molar-refractivity contribution is -0.384. The van der Waals surface area contributed by atoms with Crippen LogP contribution in [0, 0.1) is 10.1 Å². The summed E-state index contributed by atoms with van der Waals surface area (Å²) in [7, 11) is 0. The molecule has 1 fully saturated rings. The first kappa shape index (κ1) is 23.9. The fourth-order valence-electron chi connectivity index (χ4n) is 3.27. The minimum Gasteiger partial charge on any atom is -0.487 e. The highest BCUT2D eigenvalue weighted by atomic mass is 79.9. The molecule has 0 spiro atoms. The summed E-state index contributed by atoms with van der Waals surface area (Å²) in [6.45, 7) is 0.114. The number of non-ortho nitro benzene ring substituents is 1. The number of hydrogen-bond acceptors (Lipinski definition) is 5. The maximum atomic E-state index is 12.8. The Balaban J connectivity index is 1.54. The quantitative estimate of drug-likeness (QED) is 0.150. The molecule has 0 radical (unpaired) electrons. The molecule has 1 N–H and O–H groups in total. The van der Waals surface area contributed by atoms with Gasteiger partial charge in [-0.05, 0) is 79.4 Å². The number of carbonyl (C=O) groups is 2. The summed E-state index contributed by atoms with van der Waals surface area (Å²) in [4.78, 5) is 36.7. The molecule has 3 aromatic carbocycles. The van der Waals surface area contributed by atoms with E-state index in [1.165, 1.54) is 18.2 Å². The van der Waals surface area contributed by atoms with Crippen LogP contribution >= 0.6 is 43.5 Å². The molecule has 11 heteroatoms. The number of nitro benzene ring substituents is 1. The third-order valence-corrected chi connectivity index (χ3v) is 6.19. The summed E-state index contributed by atoms with van der Waals surface area (Å²) in [6, 6.07) is 15.5. The number of anilines is 1. The number of carbonyl (C=O) groups excluding carboxylic acids is 2. The van der Waals surface area contributed by atoms with Crippen molar-refractivity contribution in [3.05, 3.63) is 102 Å². The molecule has 3 aromatic rings. The zero-order chi connectivity index (χ0) is 24.4. The Hall–Kier alpha value is -3.21. The maximum absolute atomic E-state index is 12.8. The van der Waals surface area contributed by atoms with E-state index in [1.807, 2.05) is 0 Å². The van der Waals surface area contributed by atoms with Crippen LogP contribution in [0.25, 0.3) is 6.08 Å². The predicted octanol–water partition coefficient (Wildman–Crippen LogP) is 6.45. The van der Waals surface area contributed by atoms with Crippen LogP contribution < -0.4 is 15.0 Å². The molecule has 0 aliphatic carbocycles. The van der Waals surface area contributed by atoms with E-state index in [9.17, 15) is 19.7 Å². The largest absolute Gasteiger partial charge is 0.487 e. The fourth-order valence-corrected chi connectivity index (χ4v) is 4.90. The summed E-state index contributed by atoms with van der Waals surface area (Å²) in [6.07, 6.45) is 1.55. The Kier molecular flexibility index (Phi) is 7.01. The summed E-state index contributed by atoms with van der Waals surface area (Å²) in [5.74, 6) is -0.0264. The smallest absolute Gasteiger partial charge is 0.333 e. The number of rotatable bonds is 6. The maximum Gasteiger partial charge on any atom is 0.333 e. The van der Waals surface area contributed by atoms with Crippen LogP contribution in [0.2, 0.25) is 5.02 Å². The second-order valence-electron chi connectivity index (χ2n) is 7.14. The van der Waals surface area contributed by atoms with Crippen molar-refractivity contribution in [2.75, 3.05) is 4.90 Å². The minimum absolute atomic E-state index is 0.0173. The third-order valence-electron chi connectivity index (χ3n) is 4.78. The van der Waals surface area contributed by atoms with Crippen molar-refractivity contribution in [2.24, 2.45) is 0 Å². The standard InChI is InChI=1S/C23H14Br2ClN3O5/c24-18-8-14(9-19(25)21(18)34-12-13-3-1-6-17(7-13)29(32)33)10-20-22(30)28(23(31)27-20)16-5-2-4-15(26)11-16/h1-11H,12H2,(H,27,31)/b20-10+. The van der Waals surface area contributed by atoms with E-state index in [1.54, 1.807) is 48.5 Å². The van der Waals surface area contributed by atoms with Crippen LogP contribution in [0.3, 0.4) is 0 Å². The van der Waals surface area contributed by atoms with E-state index >= 15 is 0 Å². The Morgan fingerprint density at radius 2 is 1.76 bits per heavy atom. The van der Waals surface area contributed by atoms with Crippen LogP contribution in [0.15, 0.2) is 75.3 Å². The van der Waals surface area contributed by atoms with E-state index in [0.29, 0.717) is 36.5 Å². The minimum atomic E-state index is -0.575. The lowest BCUT2D eigenvalue weighted by Gasteiger charge is -2.12. The molecule has 0 unspecified atom stereocenters. The van der Waals surface area contributed by atoms with Crippen molar-refractivity contribution >= 4 is 72.8 Å². The number of hydrogen-bond donors (Lipinski definition) is 1. The normalized spacial score (nSPS) is 14.4. The van der Waals surface area contributed by atoms with Crippen molar-refractivity contribution in [1.82, 2.24) is 5.32 Å². The number of imide groups is 1. The van der Waals surface area contributed by atoms with Gasteiger partial charge in [0.2, 0.25) is 0 Å². The highest BCUT2D eigenvalue weighted by Gasteiger charge is 2.35. The topological polar surface area (TPSA) is 102 Å². The molecular weight excluding hydrogens is 594 g/mol. The predicted molar refractivity (Wildman–Crippen MR) is 135 cm³/mol. The molecule has 4 rings (SSSR count).